The van der Waals surface area contributed by atoms with Crippen molar-refractivity contribution in [3.63, 3.8) is 0 Å². The number of nitrogens with one attached hydrogen (secondary N) is 1. The Morgan fingerprint density at radius 2 is 2.00 bits per heavy atom. The van der Waals surface area contributed by atoms with Crippen LogP contribution in [-0.2, 0) is 9.57 Å². The molecule has 1 saturated heterocycles. The topological polar surface area (TPSA) is 117 Å². The number of benzene rings is 1. The van der Waals surface area contributed by atoms with E-state index < -0.39 is 11.8 Å². The summed E-state index contributed by atoms with van der Waals surface area (Å²) in [5.41, 5.74) is 1.39. The van der Waals surface area contributed by atoms with Gasteiger partial charge in [-0.15, -0.1) is 10.2 Å². The molecule has 1 aliphatic heterocycles. The van der Waals surface area contributed by atoms with E-state index in [-0.39, 0.29) is 6.04 Å². The van der Waals surface area contributed by atoms with Crippen LogP contribution < -0.4 is 10.1 Å². The normalized spacial score (nSPS) is 17.2. The summed E-state index contributed by atoms with van der Waals surface area (Å²) in [6.07, 6.45) is 2.68. The SMILES string of the molecule is COc1ccc(-n2nnc3cnc(N[C@H]4CCCN(OC(=O)OC(C)(C)C)C4)nc32)cc1. The van der Waals surface area contributed by atoms with Crippen LogP contribution in [0.1, 0.15) is 33.6 Å². The van der Waals surface area contributed by atoms with Crippen LogP contribution in [0.5, 0.6) is 5.75 Å². The average molecular weight is 441 g/mol. The Kier molecular flexibility index (Phi) is 6.08. The maximum atomic E-state index is 12.0. The van der Waals surface area contributed by atoms with Crippen LogP contribution in [0, 0.1) is 0 Å². The lowest BCUT2D eigenvalue weighted by molar-refractivity contribution is -0.151. The number of rotatable bonds is 5. The van der Waals surface area contributed by atoms with Gasteiger partial charge < -0.3 is 19.6 Å². The van der Waals surface area contributed by atoms with Crippen molar-refractivity contribution in [2.45, 2.75) is 45.3 Å². The first-order chi connectivity index (χ1) is 15.3. The second-order valence-corrected chi connectivity index (χ2v) is 8.53. The molecule has 1 fully saturated rings. The Morgan fingerprint density at radius 1 is 1.22 bits per heavy atom. The largest absolute Gasteiger partial charge is 0.528 e. The first-order valence-corrected chi connectivity index (χ1v) is 10.5. The van der Waals surface area contributed by atoms with Crippen molar-refractivity contribution in [3.8, 4) is 11.4 Å². The molecule has 0 radical (unpaired) electrons. The summed E-state index contributed by atoms with van der Waals surface area (Å²) in [5.74, 6) is 1.21. The fourth-order valence-electron chi connectivity index (χ4n) is 3.39. The van der Waals surface area contributed by atoms with Crippen molar-refractivity contribution in [1.82, 2.24) is 30.0 Å². The second-order valence-electron chi connectivity index (χ2n) is 8.53. The Labute approximate surface area is 185 Å². The maximum Gasteiger partial charge on any atom is 0.528 e. The van der Waals surface area contributed by atoms with Gasteiger partial charge in [0.1, 0.15) is 11.4 Å². The lowest BCUT2D eigenvalue weighted by atomic mass is 10.1. The fraction of sp³-hybridized carbons (Fsp3) is 0.476. The van der Waals surface area contributed by atoms with Gasteiger partial charge in [-0.3, -0.25) is 0 Å². The number of methoxy groups -OCH3 is 1. The quantitative estimate of drug-likeness (QED) is 0.592. The zero-order valence-corrected chi connectivity index (χ0v) is 18.6. The molecule has 4 rings (SSSR count). The van der Waals surface area contributed by atoms with E-state index in [4.69, 9.17) is 14.3 Å². The van der Waals surface area contributed by atoms with Gasteiger partial charge in [-0.2, -0.15) is 9.67 Å². The van der Waals surface area contributed by atoms with Crippen molar-refractivity contribution < 1.29 is 19.1 Å². The summed E-state index contributed by atoms with van der Waals surface area (Å²) in [5, 5.41) is 13.3. The molecule has 0 saturated carbocycles. The van der Waals surface area contributed by atoms with Crippen LogP contribution >= 0.6 is 0 Å². The minimum absolute atomic E-state index is 0.00829. The summed E-state index contributed by atoms with van der Waals surface area (Å²) in [4.78, 5) is 26.3. The molecule has 32 heavy (non-hydrogen) atoms. The van der Waals surface area contributed by atoms with E-state index in [1.54, 1.807) is 43.8 Å². The van der Waals surface area contributed by atoms with Crippen LogP contribution in [0.3, 0.4) is 0 Å². The number of hydrogen-bond donors (Lipinski definition) is 1. The molecular formula is C21H27N7O4. The molecule has 1 aromatic carbocycles. The number of hydrogen-bond acceptors (Lipinski definition) is 10. The fourth-order valence-corrected chi connectivity index (χ4v) is 3.39. The average Bonchev–Trinajstić information content (AvgIpc) is 3.16. The highest BCUT2D eigenvalue weighted by atomic mass is 16.8. The van der Waals surface area contributed by atoms with Crippen molar-refractivity contribution in [1.29, 1.82) is 0 Å². The molecule has 0 amide bonds. The maximum absolute atomic E-state index is 12.0. The Bertz CT molecular complexity index is 1080. The van der Waals surface area contributed by atoms with Gasteiger partial charge in [-0.05, 0) is 57.9 Å². The monoisotopic (exact) mass is 441 g/mol. The molecular weight excluding hydrogens is 414 g/mol. The first kappa shape index (κ1) is 21.8. The number of piperidine rings is 1. The summed E-state index contributed by atoms with van der Waals surface area (Å²) in [6, 6.07) is 7.48. The van der Waals surface area contributed by atoms with Gasteiger partial charge in [0.15, 0.2) is 11.2 Å². The molecule has 3 aromatic rings. The van der Waals surface area contributed by atoms with Crippen LogP contribution in [-0.4, -0.2) is 68.0 Å². The molecule has 11 nitrogen and oxygen atoms in total. The molecule has 1 aliphatic rings. The van der Waals surface area contributed by atoms with Crippen molar-refractivity contribution in [2.24, 2.45) is 0 Å². The molecule has 3 heterocycles. The molecule has 0 unspecified atom stereocenters. The van der Waals surface area contributed by atoms with E-state index in [0.717, 1.165) is 24.3 Å². The smallest absolute Gasteiger partial charge is 0.497 e. The minimum atomic E-state index is -0.703. The molecule has 2 aromatic heterocycles. The lowest BCUT2D eigenvalue weighted by Gasteiger charge is -2.31. The van der Waals surface area contributed by atoms with Crippen molar-refractivity contribution in [2.75, 3.05) is 25.5 Å². The number of fused-ring (bicyclic) bond motifs is 1. The molecule has 0 aliphatic carbocycles. The number of ether oxygens (including phenoxy) is 2. The highest BCUT2D eigenvalue weighted by Crippen LogP contribution is 2.20. The third kappa shape index (κ3) is 5.22. The minimum Gasteiger partial charge on any atom is -0.497 e. The predicted molar refractivity (Wildman–Crippen MR) is 117 cm³/mol. The van der Waals surface area contributed by atoms with E-state index in [1.165, 1.54) is 0 Å². The molecule has 11 heteroatoms. The van der Waals surface area contributed by atoms with Crippen LogP contribution in [0.4, 0.5) is 10.7 Å². The molecule has 1 atom stereocenters. The number of anilines is 1. The summed E-state index contributed by atoms with van der Waals surface area (Å²) in [7, 11) is 1.62. The van der Waals surface area contributed by atoms with Gasteiger partial charge in [-0.25, -0.2) is 9.78 Å². The zero-order valence-electron chi connectivity index (χ0n) is 18.6. The number of nitrogens with zero attached hydrogens (tertiary/aromatic N) is 6. The van der Waals surface area contributed by atoms with Gasteiger partial charge in [0, 0.05) is 12.6 Å². The van der Waals surface area contributed by atoms with Gasteiger partial charge in [0.2, 0.25) is 5.95 Å². The first-order valence-electron chi connectivity index (χ1n) is 10.5. The Morgan fingerprint density at radius 3 is 2.72 bits per heavy atom. The highest BCUT2D eigenvalue weighted by molar-refractivity contribution is 5.72. The number of aromatic nitrogens is 5. The van der Waals surface area contributed by atoms with Crippen LogP contribution in [0.2, 0.25) is 0 Å². The third-order valence-corrected chi connectivity index (χ3v) is 4.82. The lowest BCUT2D eigenvalue weighted by Crippen LogP contribution is -2.44. The van der Waals surface area contributed by atoms with E-state index in [2.05, 4.69) is 25.6 Å². The van der Waals surface area contributed by atoms with E-state index >= 15 is 0 Å². The summed E-state index contributed by atoms with van der Waals surface area (Å²) in [6.45, 7) is 6.54. The van der Waals surface area contributed by atoms with E-state index in [1.807, 2.05) is 24.3 Å². The number of carbonyl (C=O) groups is 1. The van der Waals surface area contributed by atoms with Crippen LogP contribution in [0.15, 0.2) is 30.5 Å². The van der Waals surface area contributed by atoms with E-state index in [0.29, 0.717) is 30.2 Å². The Balaban J connectivity index is 1.45. The predicted octanol–water partition coefficient (Wildman–Crippen LogP) is 2.96. The standard InChI is InChI=1S/C21H27N7O4/c1-21(2,3)31-20(29)32-27-11-5-6-14(13-27)23-19-22-12-17-18(24-19)28(26-25-17)15-7-9-16(30-4)10-8-15/h7-10,12,14H,5-6,11,13H2,1-4H3,(H,22,23,24)/t14-/m0/s1. The third-order valence-electron chi connectivity index (χ3n) is 4.82. The Hall–Kier alpha value is -3.47. The summed E-state index contributed by atoms with van der Waals surface area (Å²) >= 11 is 0. The zero-order chi connectivity index (χ0) is 22.7. The van der Waals surface area contributed by atoms with Crippen molar-refractivity contribution >= 4 is 23.3 Å². The van der Waals surface area contributed by atoms with Crippen LogP contribution in [0.25, 0.3) is 16.9 Å². The van der Waals surface area contributed by atoms with E-state index in [9.17, 15) is 4.79 Å². The van der Waals surface area contributed by atoms with Crippen molar-refractivity contribution in [3.05, 3.63) is 30.5 Å². The van der Waals surface area contributed by atoms with Gasteiger partial charge in [-0.1, -0.05) is 5.21 Å². The van der Waals surface area contributed by atoms with Gasteiger partial charge in [0.05, 0.1) is 25.5 Å². The van der Waals surface area contributed by atoms with Gasteiger partial charge >= 0.3 is 6.16 Å². The second kappa shape index (κ2) is 8.95. The summed E-state index contributed by atoms with van der Waals surface area (Å²) < 4.78 is 12.1. The molecule has 0 bridgehead atoms. The molecule has 170 valence electrons. The highest BCUT2D eigenvalue weighted by Gasteiger charge is 2.26. The number of carbonyl (C=O) groups excluding carboxylic acids is 1. The number of hydroxylamine groups is 2. The molecule has 0 spiro atoms. The van der Waals surface area contributed by atoms with Gasteiger partial charge in [0.25, 0.3) is 0 Å². The molecule has 1 N–H and O–H groups in total.